The van der Waals surface area contributed by atoms with Gasteiger partial charge in [-0.05, 0) is 13.3 Å². The predicted molar refractivity (Wildman–Crippen MR) is 53.0 cm³/mol. The van der Waals surface area contributed by atoms with E-state index in [0.717, 1.165) is 32.7 Å². The molecular formula is C9H19N3O. The molecular weight excluding hydrogens is 166 g/mol. The van der Waals surface area contributed by atoms with Gasteiger partial charge in [0.2, 0.25) is 0 Å². The molecule has 1 rings (SSSR count). The first-order chi connectivity index (χ1) is 6.20. The Kier molecular flexibility index (Phi) is 4.18. The first-order valence-electron chi connectivity index (χ1n) is 4.85. The van der Waals surface area contributed by atoms with Gasteiger partial charge in [0.15, 0.2) is 0 Å². The molecule has 0 bridgehead atoms. The summed E-state index contributed by atoms with van der Waals surface area (Å²) in [5.74, 6) is 0.276. The predicted octanol–water partition coefficient (Wildman–Crippen LogP) is 0.423. The van der Waals surface area contributed by atoms with Crippen LogP contribution >= 0.6 is 0 Å². The molecule has 4 nitrogen and oxygen atoms in total. The summed E-state index contributed by atoms with van der Waals surface area (Å²) in [6.45, 7) is 5.82. The highest BCUT2D eigenvalue weighted by Crippen LogP contribution is 2.07. The topological polar surface area (TPSA) is 62.3 Å². The van der Waals surface area contributed by atoms with Crippen LogP contribution in [-0.4, -0.2) is 43.1 Å². The number of amidine groups is 1. The van der Waals surface area contributed by atoms with Gasteiger partial charge in [-0.2, -0.15) is 0 Å². The lowest BCUT2D eigenvalue weighted by molar-refractivity contribution is 0.134. The highest BCUT2D eigenvalue weighted by atomic mass is 16.5. The minimum absolute atomic E-state index is 0.276. The van der Waals surface area contributed by atoms with Crippen molar-refractivity contribution >= 4 is 5.84 Å². The maximum Gasteiger partial charge on any atom is 0.0920 e. The monoisotopic (exact) mass is 185 g/mol. The molecule has 0 spiro atoms. The van der Waals surface area contributed by atoms with E-state index in [0.29, 0.717) is 12.5 Å². The molecule has 1 unspecified atom stereocenters. The summed E-state index contributed by atoms with van der Waals surface area (Å²) < 4.78 is 5.35. The molecule has 4 heteroatoms. The smallest absolute Gasteiger partial charge is 0.0920 e. The van der Waals surface area contributed by atoms with Crippen LogP contribution in [0.4, 0.5) is 0 Å². The standard InChI is InChI=1S/C9H19N3O/c1-8(7-9(10)11)12-3-2-5-13-6-4-12/h8H,2-7H2,1H3,(H3,10,11). The van der Waals surface area contributed by atoms with Crippen LogP contribution in [0.1, 0.15) is 19.8 Å². The van der Waals surface area contributed by atoms with Gasteiger partial charge in [-0.1, -0.05) is 0 Å². The zero-order valence-corrected chi connectivity index (χ0v) is 8.25. The number of nitrogens with two attached hydrogens (primary N) is 1. The highest BCUT2D eigenvalue weighted by Gasteiger charge is 2.16. The molecule has 1 aliphatic heterocycles. The van der Waals surface area contributed by atoms with Crippen molar-refractivity contribution in [1.82, 2.24) is 4.90 Å². The summed E-state index contributed by atoms with van der Waals surface area (Å²) in [6, 6.07) is 0.374. The van der Waals surface area contributed by atoms with E-state index in [1.807, 2.05) is 0 Å². The third-order valence-electron chi connectivity index (χ3n) is 2.40. The lowest BCUT2D eigenvalue weighted by atomic mass is 10.2. The van der Waals surface area contributed by atoms with Gasteiger partial charge in [0.25, 0.3) is 0 Å². The summed E-state index contributed by atoms with van der Waals surface area (Å²) in [5, 5.41) is 7.22. The zero-order valence-electron chi connectivity index (χ0n) is 8.25. The number of nitrogens with zero attached hydrogens (tertiary/aromatic N) is 1. The number of ether oxygens (including phenoxy) is 1. The fourth-order valence-corrected chi connectivity index (χ4v) is 1.65. The largest absolute Gasteiger partial charge is 0.388 e. The van der Waals surface area contributed by atoms with E-state index >= 15 is 0 Å². The van der Waals surface area contributed by atoms with Gasteiger partial charge in [-0.15, -0.1) is 0 Å². The van der Waals surface area contributed by atoms with Crippen LogP contribution in [0.25, 0.3) is 0 Å². The van der Waals surface area contributed by atoms with Crippen LogP contribution in [0, 0.1) is 5.41 Å². The second-order valence-corrected chi connectivity index (χ2v) is 3.58. The fraction of sp³-hybridized carbons (Fsp3) is 0.889. The van der Waals surface area contributed by atoms with Gasteiger partial charge < -0.3 is 10.5 Å². The number of rotatable bonds is 3. The van der Waals surface area contributed by atoms with Crippen LogP contribution in [-0.2, 0) is 4.74 Å². The van der Waals surface area contributed by atoms with Crippen LogP contribution in [0.2, 0.25) is 0 Å². The van der Waals surface area contributed by atoms with Gasteiger partial charge >= 0.3 is 0 Å². The lowest BCUT2D eigenvalue weighted by Gasteiger charge is -2.26. The molecule has 0 amide bonds. The number of nitrogens with one attached hydrogen (secondary N) is 1. The summed E-state index contributed by atoms with van der Waals surface area (Å²) in [4.78, 5) is 2.34. The third kappa shape index (κ3) is 3.74. The van der Waals surface area contributed by atoms with E-state index in [-0.39, 0.29) is 5.84 Å². The van der Waals surface area contributed by atoms with Crippen LogP contribution < -0.4 is 5.73 Å². The van der Waals surface area contributed by atoms with E-state index in [9.17, 15) is 0 Å². The van der Waals surface area contributed by atoms with Crippen LogP contribution in [0.3, 0.4) is 0 Å². The molecule has 0 aromatic rings. The Hall–Kier alpha value is -0.610. The average molecular weight is 185 g/mol. The van der Waals surface area contributed by atoms with Crippen molar-refractivity contribution in [3.63, 3.8) is 0 Å². The maximum atomic E-state index is 7.22. The second kappa shape index (κ2) is 5.19. The van der Waals surface area contributed by atoms with Crippen molar-refractivity contribution in [3.8, 4) is 0 Å². The first kappa shape index (κ1) is 10.5. The van der Waals surface area contributed by atoms with Crippen molar-refractivity contribution in [3.05, 3.63) is 0 Å². The molecule has 1 heterocycles. The fourth-order valence-electron chi connectivity index (χ4n) is 1.65. The van der Waals surface area contributed by atoms with Crippen molar-refractivity contribution in [2.45, 2.75) is 25.8 Å². The summed E-state index contributed by atoms with van der Waals surface area (Å²) in [5.41, 5.74) is 5.36. The summed E-state index contributed by atoms with van der Waals surface area (Å²) in [7, 11) is 0. The molecule has 13 heavy (non-hydrogen) atoms. The molecule has 1 atom stereocenters. The summed E-state index contributed by atoms with van der Waals surface area (Å²) in [6.07, 6.45) is 1.75. The summed E-state index contributed by atoms with van der Waals surface area (Å²) >= 11 is 0. The quantitative estimate of drug-likeness (QED) is 0.495. The molecule has 1 saturated heterocycles. The Morgan fingerprint density at radius 2 is 2.31 bits per heavy atom. The van der Waals surface area contributed by atoms with Gasteiger partial charge in [0.05, 0.1) is 12.4 Å². The van der Waals surface area contributed by atoms with Crippen molar-refractivity contribution in [1.29, 1.82) is 5.41 Å². The molecule has 0 saturated carbocycles. The number of hydrogen-bond acceptors (Lipinski definition) is 3. The van der Waals surface area contributed by atoms with E-state index in [4.69, 9.17) is 15.9 Å². The minimum Gasteiger partial charge on any atom is -0.388 e. The Bertz CT molecular complexity index is 164. The molecule has 1 aliphatic rings. The van der Waals surface area contributed by atoms with Crippen molar-refractivity contribution < 1.29 is 4.74 Å². The van der Waals surface area contributed by atoms with Crippen molar-refractivity contribution in [2.24, 2.45) is 5.73 Å². The average Bonchev–Trinajstić information content (AvgIpc) is 2.29. The minimum atomic E-state index is 0.276. The molecule has 76 valence electrons. The van der Waals surface area contributed by atoms with E-state index in [1.54, 1.807) is 0 Å². The first-order valence-corrected chi connectivity index (χ1v) is 4.85. The van der Waals surface area contributed by atoms with E-state index in [2.05, 4.69) is 11.8 Å². The molecule has 0 aromatic carbocycles. The third-order valence-corrected chi connectivity index (χ3v) is 2.40. The Morgan fingerprint density at radius 3 is 3.00 bits per heavy atom. The highest BCUT2D eigenvalue weighted by molar-refractivity contribution is 5.77. The van der Waals surface area contributed by atoms with E-state index in [1.165, 1.54) is 0 Å². The Morgan fingerprint density at radius 1 is 1.54 bits per heavy atom. The Balaban J connectivity index is 2.34. The second-order valence-electron chi connectivity index (χ2n) is 3.58. The van der Waals surface area contributed by atoms with Gasteiger partial charge in [-0.25, -0.2) is 0 Å². The van der Waals surface area contributed by atoms with E-state index < -0.39 is 0 Å². The number of hydrogen-bond donors (Lipinski definition) is 2. The SMILES string of the molecule is CC(CC(=N)N)N1CCCOCC1. The van der Waals surface area contributed by atoms with Gasteiger partial charge in [0.1, 0.15) is 0 Å². The molecule has 1 fully saturated rings. The van der Waals surface area contributed by atoms with Gasteiger partial charge in [-0.3, -0.25) is 10.3 Å². The van der Waals surface area contributed by atoms with Crippen LogP contribution in [0.5, 0.6) is 0 Å². The van der Waals surface area contributed by atoms with Crippen molar-refractivity contribution in [2.75, 3.05) is 26.3 Å². The van der Waals surface area contributed by atoms with Gasteiger partial charge in [0, 0.05) is 32.2 Å². The molecule has 3 N–H and O–H groups in total. The maximum absolute atomic E-state index is 7.22. The molecule has 0 aromatic heterocycles. The lowest BCUT2D eigenvalue weighted by Crippen LogP contribution is -2.37. The molecule has 0 aliphatic carbocycles. The Labute approximate surface area is 79.6 Å². The normalized spacial score (nSPS) is 22.2. The zero-order chi connectivity index (χ0) is 9.68. The molecule has 0 radical (unpaired) electrons. The van der Waals surface area contributed by atoms with Crippen LogP contribution in [0.15, 0.2) is 0 Å².